The first kappa shape index (κ1) is 26.8. The molecule has 9 heteroatoms. The minimum absolute atomic E-state index is 0.568. The van der Waals surface area contributed by atoms with Crippen LogP contribution in [0.3, 0.4) is 0 Å². The van der Waals surface area contributed by atoms with Crippen LogP contribution in [-0.2, 0) is 13.1 Å². The van der Waals surface area contributed by atoms with Crippen molar-refractivity contribution in [2.45, 2.75) is 51.6 Å². The number of hydrogen-bond donors (Lipinski definition) is 1. The number of aromatic nitrogens is 4. The summed E-state index contributed by atoms with van der Waals surface area (Å²) in [5.41, 5.74) is 4.38. The van der Waals surface area contributed by atoms with E-state index in [2.05, 4.69) is 60.2 Å². The van der Waals surface area contributed by atoms with Crippen molar-refractivity contribution in [3.63, 3.8) is 0 Å². The van der Waals surface area contributed by atoms with E-state index in [1.807, 2.05) is 44.2 Å². The van der Waals surface area contributed by atoms with Gasteiger partial charge in [0.2, 0.25) is 0 Å². The van der Waals surface area contributed by atoms with Crippen LogP contribution in [0.1, 0.15) is 41.2 Å². The van der Waals surface area contributed by atoms with Crippen LogP contribution in [0.5, 0.6) is 0 Å². The summed E-state index contributed by atoms with van der Waals surface area (Å²) in [5, 5.41) is 3.91. The monoisotopic (exact) mass is 525 g/mol. The maximum absolute atomic E-state index is 6.38. The lowest BCUT2D eigenvalue weighted by atomic mass is 10.2. The molecule has 1 saturated heterocycles. The number of anilines is 1. The Labute approximate surface area is 224 Å². The van der Waals surface area contributed by atoms with Crippen molar-refractivity contribution in [3.8, 4) is 0 Å². The Morgan fingerprint density at radius 2 is 1.69 bits per heavy atom. The third kappa shape index (κ3) is 7.62. The average molecular weight is 526 g/mol. The van der Waals surface area contributed by atoms with E-state index in [1.54, 1.807) is 0 Å². The van der Waals surface area contributed by atoms with Gasteiger partial charge in [-0.05, 0) is 75.2 Å². The maximum Gasteiger partial charge on any atom is 0.149 e. The second kappa shape index (κ2) is 13.3. The molecule has 0 amide bonds. The number of piperazine rings is 1. The van der Waals surface area contributed by atoms with Crippen molar-refractivity contribution in [2.24, 2.45) is 0 Å². The first-order valence-corrected chi connectivity index (χ1v) is 14.0. The summed E-state index contributed by atoms with van der Waals surface area (Å²) in [6, 6.07) is 6.35. The van der Waals surface area contributed by atoms with Crippen LogP contribution in [0.25, 0.3) is 0 Å². The predicted molar refractivity (Wildman–Crippen MR) is 149 cm³/mol. The largest absolute Gasteiger partial charge is 0.363 e. The van der Waals surface area contributed by atoms with Crippen molar-refractivity contribution in [2.75, 3.05) is 43.8 Å². The first-order valence-electron chi connectivity index (χ1n) is 12.6. The number of pyridine rings is 2. The predicted octanol–water partition coefficient (Wildman–Crippen LogP) is 5.15. The Kier molecular flexibility index (Phi) is 9.92. The second-order valence-electron chi connectivity index (χ2n) is 9.28. The van der Waals surface area contributed by atoms with Crippen molar-refractivity contribution in [3.05, 3.63) is 70.2 Å². The molecule has 0 radical (unpaired) electrons. The highest BCUT2D eigenvalue weighted by molar-refractivity contribution is 7.99. The molecule has 0 unspecified atom stereocenters. The van der Waals surface area contributed by atoms with Gasteiger partial charge in [0.15, 0.2) is 0 Å². The summed E-state index contributed by atoms with van der Waals surface area (Å²) in [5.74, 6) is 2.50. The summed E-state index contributed by atoms with van der Waals surface area (Å²) < 4.78 is 0. The molecule has 1 aliphatic heterocycles. The molecule has 0 aliphatic carbocycles. The van der Waals surface area contributed by atoms with E-state index in [1.165, 1.54) is 35.4 Å². The average Bonchev–Trinajstić information content (AvgIpc) is 2.88. The van der Waals surface area contributed by atoms with Crippen LogP contribution in [0.4, 0.5) is 5.82 Å². The van der Waals surface area contributed by atoms with Gasteiger partial charge in [-0.1, -0.05) is 11.6 Å². The highest BCUT2D eigenvalue weighted by atomic mass is 35.5. The van der Waals surface area contributed by atoms with Gasteiger partial charge in [0.1, 0.15) is 16.7 Å². The third-order valence-corrected chi connectivity index (χ3v) is 8.26. The Hall–Kier alpha value is -2.26. The summed E-state index contributed by atoms with van der Waals surface area (Å²) in [4.78, 5) is 23.9. The van der Waals surface area contributed by atoms with Crippen molar-refractivity contribution in [1.29, 1.82) is 0 Å². The quantitative estimate of drug-likeness (QED) is 0.272. The van der Waals surface area contributed by atoms with Crippen LogP contribution < -0.4 is 5.32 Å². The number of hydrogen-bond acceptors (Lipinski definition) is 8. The molecule has 0 aromatic carbocycles. The lowest BCUT2D eigenvalue weighted by Crippen LogP contribution is -2.46. The van der Waals surface area contributed by atoms with Gasteiger partial charge in [-0.3, -0.25) is 14.9 Å². The fourth-order valence-electron chi connectivity index (χ4n) is 4.41. The molecule has 1 aliphatic rings. The van der Waals surface area contributed by atoms with E-state index in [9.17, 15) is 0 Å². The molecular weight excluding hydrogens is 490 g/mol. The Bertz CT molecular complexity index is 1120. The molecular formula is C27H36ClN7S. The van der Waals surface area contributed by atoms with E-state index < -0.39 is 0 Å². The molecule has 7 nitrogen and oxygen atoms in total. The molecule has 0 spiro atoms. The number of rotatable bonds is 11. The van der Waals surface area contributed by atoms with Gasteiger partial charge in [0.05, 0.1) is 17.9 Å². The standard InChI is InChI=1S/C27H36ClN7S/c1-20-24(18-31-27-26(28)21(2)32-22(3)33-27)30-11-8-25(20)36-17-5-4-12-34-13-15-35(16-14-34)19-23-6-9-29-10-7-23/h6-11H,4-5,12-19H2,1-3H3,(H,31,32,33). The number of halogens is 1. The van der Waals surface area contributed by atoms with Crippen LogP contribution >= 0.6 is 23.4 Å². The highest BCUT2D eigenvalue weighted by Crippen LogP contribution is 2.27. The van der Waals surface area contributed by atoms with E-state index in [4.69, 9.17) is 11.6 Å². The van der Waals surface area contributed by atoms with Gasteiger partial charge in [-0.25, -0.2) is 9.97 Å². The van der Waals surface area contributed by atoms with Gasteiger partial charge >= 0.3 is 0 Å². The minimum atomic E-state index is 0.568. The van der Waals surface area contributed by atoms with Crippen molar-refractivity contribution in [1.82, 2.24) is 29.7 Å². The fourth-order valence-corrected chi connectivity index (χ4v) is 5.63. The van der Waals surface area contributed by atoms with E-state index >= 15 is 0 Å². The summed E-state index contributed by atoms with van der Waals surface area (Å²) in [6.45, 7) is 13.3. The smallest absolute Gasteiger partial charge is 0.149 e. The van der Waals surface area contributed by atoms with Crippen molar-refractivity contribution < 1.29 is 0 Å². The molecule has 192 valence electrons. The molecule has 4 rings (SSSR count). The minimum Gasteiger partial charge on any atom is -0.363 e. The molecule has 0 atom stereocenters. The Balaban J connectivity index is 1.16. The topological polar surface area (TPSA) is 70.1 Å². The molecule has 0 bridgehead atoms. The van der Waals surface area contributed by atoms with Crippen LogP contribution in [0.2, 0.25) is 5.02 Å². The molecule has 1 fully saturated rings. The van der Waals surface area contributed by atoms with Crippen LogP contribution in [0.15, 0.2) is 41.7 Å². The third-order valence-electron chi connectivity index (χ3n) is 6.56. The second-order valence-corrected chi connectivity index (χ2v) is 10.8. The molecule has 3 aromatic rings. The van der Waals surface area contributed by atoms with Gasteiger partial charge in [-0.2, -0.15) is 0 Å². The van der Waals surface area contributed by atoms with E-state index in [0.717, 1.165) is 49.9 Å². The zero-order chi connectivity index (χ0) is 25.3. The summed E-state index contributed by atoms with van der Waals surface area (Å²) >= 11 is 8.30. The normalized spacial score (nSPS) is 14.8. The molecule has 36 heavy (non-hydrogen) atoms. The van der Waals surface area contributed by atoms with Crippen molar-refractivity contribution >= 4 is 29.2 Å². The van der Waals surface area contributed by atoms with Crippen LogP contribution in [0, 0.1) is 20.8 Å². The maximum atomic E-state index is 6.38. The lowest BCUT2D eigenvalue weighted by molar-refractivity contribution is 0.126. The highest BCUT2D eigenvalue weighted by Gasteiger charge is 2.16. The Morgan fingerprint density at radius 1 is 0.944 bits per heavy atom. The van der Waals surface area contributed by atoms with Crippen LogP contribution in [-0.4, -0.2) is 68.2 Å². The number of nitrogens with one attached hydrogen (secondary N) is 1. The summed E-state index contributed by atoms with van der Waals surface area (Å²) in [6.07, 6.45) is 8.11. The number of unbranched alkanes of at least 4 members (excludes halogenated alkanes) is 1. The zero-order valence-corrected chi connectivity index (χ0v) is 23.1. The number of aryl methyl sites for hydroxylation is 2. The van der Waals surface area contributed by atoms with Gasteiger partial charge in [0.25, 0.3) is 0 Å². The first-order chi connectivity index (χ1) is 17.5. The summed E-state index contributed by atoms with van der Waals surface area (Å²) in [7, 11) is 0. The SMILES string of the molecule is Cc1nc(C)c(Cl)c(NCc2nccc(SCCCCN3CCN(Cc4ccncc4)CC3)c2C)n1. The molecule has 1 N–H and O–H groups in total. The molecule has 0 saturated carbocycles. The van der Waals surface area contributed by atoms with E-state index in [-0.39, 0.29) is 0 Å². The van der Waals surface area contributed by atoms with Gasteiger partial charge in [0, 0.05) is 56.2 Å². The Morgan fingerprint density at radius 3 is 2.47 bits per heavy atom. The zero-order valence-electron chi connectivity index (χ0n) is 21.5. The number of thioether (sulfide) groups is 1. The molecule has 3 aromatic heterocycles. The van der Waals surface area contributed by atoms with Gasteiger partial charge < -0.3 is 10.2 Å². The van der Waals surface area contributed by atoms with E-state index in [0.29, 0.717) is 23.2 Å². The number of nitrogens with zero attached hydrogens (tertiary/aromatic N) is 6. The van der Waals surface area contributed by atoms with Gasteiger partial charge in [-0.15, -0.1) is 11.8 Å². The lowest BCUT2D eigenvalue weighted by Gasteiger charge is -2.34. The molecule has 4 heterocycles. The fraction of sp³-hybridized carbons (Fsp3) is 0.481.